The Morgan fingerprint density at radius 1 is 1.41 bits per heavy atom. The van der Waals surface area contributed by atoms with E-state index in [1.54, 1.807) is 7.11 Å². The first kappa shape index (κ1) is 12.0. The van der Waals surface area contributed by atoms with E-state index in [9.17, 15) is 4.79 Å². The predicted molar refractivity (Wildman–Crippen MR) is 65.4 cm³/mol. The molecule has 0 bridgehead atoms. The van der Waals surface area contributed by atoms with Crippen LogP contribution < -0.4 is 9.47 Å². The number of carbonyl (C=O) groups is 1. The molecule has 1 saturated carbocycles. The third kappa shape index (κ3) is 2.02. The summed E-state index contributed by atoms with van der Waals surface area (Å²) in [6.45, 7) is 4.00. The van der Waals surface area contributed by atoms with Crippen LogP contribution in [0, 0.1) is 5.41 Å². The molecule has 3 heteroatoms. The van der Waals surface area contributed by atoms with E-state index in [4.69, 9.17) is 9.47 Å². The largest absolute Gasteiger partial charge is 0.497 e. The topological polar surface area (TPSA) is 35.5 Å². The Kier molecular flexibility index (Phi) is 3.09. The zero-order valence-corrected chi connectivity index (χ0v) is 10.5. The molecule has 0 N–H and O–H groups in total. The lowest BCUT2D eigenvalue weighted by atomic mass is 9.64. The van der Waals surface area contributed by atoms with Gasteiger partial charge in [-0.1, -0.05) is 13.0 Å². The first-order chi connectivity index (χ1) is 8.10. The third-order valence-corrected chi connectivity index (χ3v) is 3.77. The average molecular weight is 234 g/mol. The summed E-state index contributed by atoms with van der Waals surface area (Å²) in [6, 6.07) is 7.50. The van der Waals surface area contributed by atoms with Gasteiger partial charge in [-0.3, -0.25) is 4.79 Å². The van der Waals surface area contributed by atoms with Crippen molar-refractivity contribution >= 4 is 5.78 Å². The van der Waals surface area contributed by atoms with Crippen molar-refractivity contribution in [2.24, 2.45) is 5.41 Å². The van der Waals surface area contributed by atoms with E-state index in [2.05, 4.69) is 0 Å². The second-order valence-electron chi connectivity index (χ2n) is 4.68. The molecule has 1 aliphatic rings. The molecule has 0 spiro atoms. The Bertz CT molecular complexity index is 427. The first-order valence-electron chi connectivity index (χ1n) is 5.94. The second kappa shape index (κ2) is 4.40. The Hall–Kier alpha value is -1.51. The highest BCUT2D eigenvalue weighted by molar-refractivity contribution is 5.92. The summed E-state index contributed by atoms with van der Waals surface area (Å²) in [6.07, 6.45) is 1.33. The van der Waals surface area contributed by atoms with Crippen LogP contribution in [-0.2, 0) is 4.79 Å². The van der Waals surface area contributed by atoms with E-state index in [1.807, 2.05) is 38.1 Å². The van der Waals surface area contributed by atoms with Gasteiger partial charge in [-0.05, 0) is 25.5 Å². The first-order valence-corrected chi connectivity index (χ1v) is 5.94. The van der Waals surface area contributed by atoms with E-state index in [0.29, 0.717) is 12.2 Å². The predicted octanol–water partition coefficient (Wildman–Crippen LogP) is 2.83. The average Bonchev–Trinajstić information content (AvgIpc) is 2.37. The summed E-state index contributed by atoms with van der Waals surface area (Å²) in [4.78, 5) is 11.6. The van der Waals surface area contributed by atoms with Crippen LogP contribution in [0.4, 0.5) is 0 Å². The molecule has 3 nitrogen and oxygen atoms in total. The van der Waals surface area contributed by atoms with Gasteiger partial charge in [0.2, 0.25) is 0 Å². The molecule has 0 heterocycles. The lowest BCUT2D eigenvalue weighted by molar-refractivity contribution is -0.150. The number of ketones is 1. The Morgan fingerprint density at radius 2 is 2.12 bits per heavy atom. The molecule has 0 aromatic heterocycles. The number of hydrogen-bond acceptors (Lipinski definition) is 3. The van der Waals surface area contributed by atoms with Crippen LogP contribution in [0.1, 0.15) is 26.7 Å². The zero-order valence-electron chi connectivity index (χ0n) is 10.5. The van der Waals surface area contributed by atoms with Crippen molar-refractivity contribution in [1.82, 2.24) is 0 Å². The molecule has 0 saturated heterocycles. The number of ether oxygens (including phenoxy) is 2. The molecule has 0 aliphatic heterocycles. The van der Waals surface area contributed by atoms with E-state index >= 15 is 0 Å². The molecule has 1 fully saturated rings. The molecule has 2 rings (SSSR count). The lowest BCUT2D eigenvalue weighted by Gasteiger charge is -2.44. The van der Waals surface area contributed by atoms with Gasteiger partial charge in [-0.25, -0.2) is 0 Å². The van der Waals surface area contributed by atoms with Crippen LogP contribution in [0.3, 0.4) is 0 Å². The van der Waals surface area contributed by atoms with Gasteiger partial charge in [-0.15, -0.1) is 0 Å². The molecule has 1 aromatic rings. The van der Waals surface area contributed by atoms with Gasteiger partial charge in [0, 0.05) is 12.5 Å². The van der Waals surface area contributed by atoms with Crippen molar-refractivity contribution < 1.29 is 14.3 Å². The van der Waals surface area contributed by atoms with Gasteiger partial charge >= 0.3 is 0 Å². The van der Waals surface area contributed by atoms with Crippen molar-refractivity contribution in [2.75, 3.05) is 7.11 Å². The molecule has 0 radical (unpaired) electrons. The number of benzene rings is 1. The van der Waals surface area contributed by atoms with Crippen LogP contribution in [0.2, 0.25) is 0 Å². The summed E-state index contributed by atoms with van der Waals surface area (Å²) in [5.41, 5.74) is -0.316. The van der Waals surface area contributed by atoms with Gasteiger partial charge in [0.1, 0.15) is 23.4 Å². The maximum absolute atomic E-state index is 11.6. The number of methoxy groups -OCH3 is 1. The Morgan fingerprint density at radius 3 is 2.71 bits per heavy atom. The fourth-order valence-electron chi connectivity index (χ4n) is 2.11. The normalized spacial score (nSPS) is 27.5. The molecule has 17 heavy (non-hydrogen) atoms. The van der Waals surface area contributed by atoms with Crippen LogP contribution >= 0.6 is 0 Å². The van der Waals surface area contributed by atoms with E-state index in [0.717, 1.165) is 17.9 Å². The van der Waals surface area contributed by atoms with E-state index in [1.165, 1.54) is 0 Å². The smallest absolute Gasteiger partial charge is 0.146 e. The molecule has 92 valence electrons. The van der Waals surface area contributed by atoms with Crippen LogP contribution in [0.25, 0.3) is 0 Å². The van der Waals surface area contributed by atoms with Crippen LogP contribution in [0.5, 0.6) is 11.5 Å². The Balaban J connectivity index is 2.09. The molecular formula is C14H18O3. The minimum Gasteiger partial charge on any atom is -0.497 e. The summed E-state index contributed by atoms with van der Waals surface area (Å²) < 4.78 is 11.0. The quantitative estimate of drug-likeness (QED) is 0.803. The maximum atomic E-state index is 11.6. The zero-order chi connectivity index (χ0) is 12.5. The van der Waals surface area contributed by atoms with Crippen molar-refractivity contribution in [2.45, 2.75) is 32.8 Å². The second-order valence-corrected chi connectivity index (χ2v) is 4.68. The van der Waals surface area contributed by atoms with Gasteiger partial charge < -0.3 is 9.47 Å². The SMILES string of the molecule is CCC1(C)C(=O)CC1Oc1cccc(OC)c1. The Labute approximate surface area is 102 Å². The summed E-state index contributed by atoms with van der Waals surface area (Å²) in [5.74, 6) is 1.83. The minimum atomic E-state index is -0.316. The number of Topliss-reactive ketones (excluding diaryl/α,β-unsaturated/α-hetero) is 1. The van der Waals surface area contributed by atoms with Crippen molar-refractivity contribution in [3.63, 3.8) is 0 Å². The van der Waals surface area contributed by atoms with Crippen LogP contribution in [0.15, 0.2) is 24.3 Å². The number of carbonyl (C=O) groups excluding carboxylic acids is 1. The third-order valence-electron chi connectivity index (χ3n) is 3.77. The molecular weight excluding hydrogens is 216 g/mol. The number of rotatable bonds is 4. The van der Waals surface area contributed by atoms with Crippen LogP contribution in [-0.4, -0.2) is 19.0 Å². The minimum absolute atomic E-state index is 0.00731. The molecule has 2 unspecified atom stereocenters. The van der Waals surface area contributed by atoms with E-state index in [-0.39, 0.29) is 11.5 Å². The van der Waals surface area contributed by atoms with Gasteiger partial charge in [0.15, 0.2) is 0 Å². The molecule has 2 atom stereocenters. The number of hydrogen-bond donors (Lipinski definition) is 0. The summed E-state index contributed by atoms with van der Waals surface area (Å²) in [5, 5.41) is 0. The van der Waals surface area contributed by atoms with Crippen molar-refractivity contribution in [3.05, 3.63) is 24.3 Å². The lowest BCUT2D eigenvalue weighted by Crippen LogP contribution is -2.54. The van der Waals surface area contributed by atoms with E-state index < -0.39 is 0 Å². The van der Waals surface area contributed by atoms with Gasteiger partial charge in [0.05, 0.1) is 12.5 Å². The molecule has 0 amide bonds. The molecule has 1 aliphatic carbocycles. The monoisotopic (exact) mass is 234 g/mol. The summed E-state index contributed by atoms with van der Waals surface area (Å²) in [7, 11) is 1.63. The highest BCUT2D eigenvalue weighted by Crippen LogP contribution is 2.42. The standard InChI is InChI=1S/C14H18O3/c1-4-14(2)12(15)9-13(14)17-11-7-5-6-10(8-11)16-3/h5-8,13H,4,9H2,1-3H3. The van der Waals surface area contributed by atoms with Gasteiger partial charge in [-0.2, -0.15) is 0 Å². The maximum Gasteiger partial charge on any atom is 0.146 e. The highest BCUT2D eigenvalue weighted by atomic mass is 16.5. The fraction of sp³-hybridized carbons (Fsp3) is 0.500. The van der Waals surface area contributed by atoms with Crippen molar-refractivity contribution in [1.29, 1.82) is 0 Å². The highest BCUT2D eigenvalue weighted by Gasteiger charge is 2.51. The molecule has 1 aromatic carbocycles. The fourth-order valence-corrected chi connectivity index (χ4v) is 2.11. The van der Waals surface area contributed by atoms with Gasteiger partial charge in [0.25, 0.3) is 0 Å². The van der Waals surface area contributed by atoms with Crippen molar-refractivity contribution in [3.8, 4) is 11.5 Å². The summed E-state index contributed by atoms with van der Waals surface area (Å²) >= 11 is 0.